The van der Waals surface area contributed by atoms with E-state index in [1.54, 1.807) is 18.2 Å². The highest BCUT2D eigenvalue weighted by molar-refractivity contribution is 9.10. The SMILES string of the molecule is Cc1ccccc1CNc1cc(Br)ccc1C(=O)O. The van der Waals surface area contributed by atoms with Gasteiger partial charge in [0.1, 0.15) is 0 Å². The summed E-state index contributed by atoms with van der Waals surface area (Å²) in [6, 6.07) is 13.1. The average Bonchev–Trinajstić information content (AvgIpc) is 2.37. The van der Waals surface area contributed by atoms with Crippen molar-refractivity contribution in [1.29, 1.82) is 0 Å². The van der Waals surface area contributed by atoms with Crippen LogP contribution < -0.4 is 5.32 Å². The van der Waals surface area contributed by atoms with Crippen molar-refractivity contribution in [2.24, 2.45) is 0 Å². The lowest BCUT2D eigenvalue weighted by Gasteiger charge is -2.11. The molecule has 2 aromatic carbocycles. The number of aromatic carboxylic acids is 1. The first-order chi connectivity index (χ1) is 9.08. The Labute approximate surface area is 120 Å². The van der Waals surface area contributed by atoms with Gasteiger partial charge in [-0.1, -0.05) is 40.2 Å². The molecule has 0 radical (unpaired) electrons. The molecule has 0 saturated heterocycles. The molecule has 2 N–H and O–H groups in total. The standard InChI is InChI=1S/C15H14BrNO2/c1-10-4-2-3-5-11(10)9-17-14-8-12(16)6-7-13(14)15(18)19/h2-8,17H,9H2,1H3,(H,18,19). The van der Waals surface area contributed by atoms with Gasteiger partial charge < -0.3 is 10.4 Å². The quantitative estimate of drug-likeness (QED) is 0.893. The molecule has 0 fully saturated rings. The van der Waals surface area contributed by atoms with Gasteiger partial charge in [0, 0.05) is 11.0 Å². The fourth-order valence-corrected chi connectivity index (χ4v) is 2.21. The number of carboxylic acid groups (broad SMARTS) is 1. The summed E-state index contributed by atoms with van der Waals surface area (Å²) in [5.74, 6) is -0.931. The number of nitrogens with one attached hydrogen (secondary N) is 1. The molecule has 98 valence electrons. The Kier molecular flexibility index (Phi) is 4.22. The number of carbonyl (C=O) groups is 1. The molecule has 2 rings (SSSR count). The number of benzene rings is 2. The summed E-state index contributed by atoms with van der Waals surface area (Å²) < 4.78 is 0.852. The molecular formula is C15H14BrNO2. The fourth-order valence-electron chi connectivity index (χ4n) is 1.85. The third-order valence-corrected chi connectivity index (χ3v) is 3.44. The second-order valence-corrected chi connectivity index (χ2v) is 5.19. The Balaban J connectivity index is 2.22. The third-order valence-electron chi connectivity index (χ3n) is 2.94. The number of carboxylic acids is 1. The van der Waals surface area contributed by atoms with E-state index >= 15 is 0 Å². The lowest BCUT2D eigenvalue weighted by molar-refractivity contribution is 0.0698. The summed E-state index contributed by atoms with van der Waals surface area (Å²) in [6.45, 7) is 2.64. The minimum absolute atomic E-state index is 0.275. The Hall–Kier alpha value is -1.81. The Morgan fingerprint density at radius 2 is 2.00 bits per heavy atom. The highest BCUT2D eigenvalue weighted by atomic mass is 79.9. The van der Waals surface area contributed by atoms with Crippen LogP contribution in [-0.4, -0.2) is 11.1 Å². The predicted molar refractivity (Wildman–Crippen MR) is 79.6 cm³/mol. The number of hydrogen-bond acceptors (Lipinski definition) is 2. The van der Waals surface area contributed by atoms with Gasteiger partial charge >= 0.3 is 5.97 Å². The second-order valence-electron chi connectivity index (χ2n) is 4.28. The first-order valence-corrected chi connectivity index (χ1v) is 6.68. The van der Waals surface area contributed by atoms with Crippen molar-refractivity contribution in [3.63, 3.8) is 0 Å². The number of anilines is 1. The summed E-state index contributed by atoms with van der Waals surface area (Å²) in [6.07, 6.45) is 0. The molecule has 0 bridgehead atoms. The lowest BCUT2D eigenvalue weighted by atomic mass is 10.1. The van der Waals surface area contributed by atoms with Gasteiger partial charge in [-0.05, 0) is 36.2 Å². The fraction of sp³-hybridized carbons (Fsp3) is 0.133. The normalized spacial score (nSPS) is 10.2. The van der Waals surface area contributed by atoms with Crippen molar-refractivity contribution in [1.82, 2.24) is 0 Å². The molecule has 0 atom stereocenters. The van der Waals surface area contributed by atoms with Gasteiger partial charge in [-0.15, -0.1) is 0 Å². The smallest absolute Gasteiger partial charge is 0.337 e. The van der Waals surface area contributed by atoms with Crippen LogP contribution in [0.15, 0.2) is 46.9 Å². The van der Waals surface area contributed by atoms with Gasteiger partial charge in [-0.25, -0.2) is 4.79 Å². The van der Waals surface area contributed by atoms with E-state index in [4.69, 9.17) is 5.11 Å². The van der Waals surface area contributed by atoms with Crippen molar-refractivity contribution in [2.45, 2.75) is 13.5 Å². The maximum Gasteiger partial charge on any atom is 0.337 e. The van der Waals surface area contributed by atoms with Crippen LogP contribution in [0, 0.1) is 6.92 Å². The van der Waals surface area contributed by atoms with Gasteiger partial charge in [0.15, 0.2) is 0 Å². The maximum atomic E-state index is 11.2. The molecule has 4 heteroatoms. The summed E-state index contributed by atoms with van der Waals surface area (Å²) in [4.78, 5) is 11.2. The van der Waals surface area contributed by atoms with Gasteiger partial charge in [0.2, 0.25) is 0 Å². The minimum atomic E-state index is -0.931. The Morgan fingerprint density at radius 3 is 2.68 bits per heavy atom. The van der Waals surface area contributed by atoms with Crippen molar-refractivity contribution in [3.8, 4) is 0 Å². The topological polar surface area (TPSA) is 49.3 Å². The van der Waals surface area contributed by atoms with E-state index in [1.807, 2.05) is 31.2 Å². The molecule has 0 unspecified atom stereocenters. The molecule has 0 saturated carbocycles. The molecule has 19 heavy (non-hydrogen) atoms. The Morgan fingerprint density at radius 1 is 1.26 bits per heavy atom. The van der Waals surface area contributed by atoms with Crippen LogP contribution in [0.1, 0.15) is 21.5 Å². The van der Waals surface area contributed by atoms with E-state index in [0.29, 0.717) is 12.2 Å². The van der Waals surface area contributed by atoms with Gasteiger partial charge in [0.25, 0.3) is 0 Å². The molecular weight excluding hydrogens is 306 g/mol. The van der Waals surface area contributed by atoms with E-state index in [1.165, 1.54) is 5.56 Å². The zero-order valence-corrected chi connectivity index (χ0v) is 12.1. The predicted octanol–water partition coefficient (Wildman–Crippen LogP) is 4.07. The number of hydrogen-bond donors (Lipinski definition) is 2. The molecule has 0 amide bonds. The van der Waals surface area contributed by atoms with Crippen molar-refractivity contribution < 1.29 is 9.90 Å². The van der Waals surface area contributed by atoms with Gasteiger partial charge in [-0.2, -0.15) is 0 Å². The van der Waals surface area contributed by atoms with Crippen LogP contribution in [0.5, 0.6) is 0 Å². The van der Waals surface area contributed by atoms with E-state index in [0.717, 1.165) is 10.0 Å². The molecule has 0 aliphatic heterocycles. The lowest BCUT2D eigenvalue weighted by Crippen LogP contribution is -2.07. The minimum Gasteiger partial charge on any atom is -0.478 e. The summed E-state index contributed by atoms with van der Waals surface area (Å²) in [7, 11) is 0. The molecule has 0 spiro atoms. The molecule has 0 aliphatic rings. The van der Waals surface area contributed by atoms with Crippen LogP contribution >= 0.6 is 15.9 Å². The summed E-state index contributed by atoms with van der Waals surface area (Å²) in [5.41, 5.74) is 3.22. The molecule has 3 nitrogen and oxygen atoms in total. The zero-order valence-electron chi connectivity index (χ0n) is 10.5. The maximum absolute atomic E-state index is 11.2. The first-order valence-electron chi connectivity index (χ1n) is 5.89. The molecule has 0 heterocycles. The highest BCUT2D eigenvalue weighted by Gasteiger charge is 2.10. The molecule has 0 aliphatic carbocycles. The monoisotopic (exact) mass is 319 g/mol. The van der Waals surface area contributed by atoms with Crippen molar-refractivity contribution >= 4 is 27.6 Å². The van der Waals surface area contributed by atoms with E-state index < -0.39 is 5.97 Å². The van der Waals surface area contributed by atoms with Gasteiger partial charge in [-0.3, -0.25) is 0 Å². The Bertz CT molecular complexity index is 611. The van der Waals surface area contributed by atoms with Crippen LogP contribution in [-0.2, 0) is 6.54 Å². The van der Waals surface area contributed by atoms with Crippen LogP contribution in [0.25, 0.3) is 0 Å². The number of halogens is 1. The van der Waals surface area contributed by atoms with Crippen LogP contribution in [0.4, 0.5) is 5.69 Å². The van der Waals surface area contributed by atoms with Gasteiger partial charge in [0.05, 0.1) is 11.3 Å². The van der Waals surface area contributed by atoms with E-state index in [2.05, 4.69) is 21.2 Å². The first kappa shape index (κ1) is 13.6. The zero-order chi connectivity index (χ0) is 13.8. The second kappa shape index (κ2) is 5.89. The average molecular weight is 320 g/mol. The largest absolute Gasteiger partial charge is 0.478 e. The van der Waals surface area contributed by atoms with Crippen LogP contribution in [0.3, 0.4) is 0 Å². The van der Waals surface area contributed by atoms with E-state index in [-0.39, 0.29) is 5.56 Å². The third kappa shape index (κ3) is 3.35. The summed E-state index contributed by atoms with van der Waals surface area (Å²) >= 11 is 3.35. The number of rotatable bonds is 4. The van der Waals surface area contributed by atoms with Crippen LogP contribution in [0.2, 0.25) is 0 Å². The highest BCUT2D eigenvalue weighted by Crippen LogP contribution is 2.22. The van der Waals surface area contributed by atoms with E-state index in [9.17, 15) is 4.79 Å². The van der Waals surface area contributed by atoms with Crippen molar-refractivity contribution in [3.05, 3.63) is 63.6 Å². The summed E-state index contributed by atoms with van der Waals surface area (Å²) in [5, 5.41) is 12.3. The number of aryl methyl sites for hydroxylation is 1. The van der Waals surface area contributed by atoms with Crippen molar-refractivity contribution in [2.75, 3.05) is 5.32 Å². The molecule has 2 aromatic rings. The molecule has 0 aromatic heterocycles.